The molecule has 0 bridgehead atoms. The molecule has 0 aromatic carbocycles. The molecule has 0 unspecified atom stereocenters. The van der Waals surface area contributed by atoms with Crippen LogP contribution in [0.5, 0.6) is 0 Å². The van der Waals surface area contributed by atoms with Gasteiger partial charge in [0, 0.05) is 0 Å². The molecule has 0 aromatic heterocycles. The van der Waals surface area contributed by atoms with Crippen LogP contribution in [-0.2, 0) is 4.79 Å². The summed E-state index contributed by atoms with van der Waals surface area (Å²) in [5.41, 5.74) is 4.17. The number of carbonyl (C=O) groups excluding carboxylic acids is 1. The summed E-state index contributed by atoms with van der Waals surface area (Å²) >= 11 is 0. The number of primary amides is 1. The van der Waals surface area contributed by atoms with E-state index in [9.17, 15) is 0 Å². The molecule has 0 aliphatic rings. The molecule has 4 nitrogen and oxygen atoms in total. The first-order valence-electron chi connectivity index (χ1n) is 0.769. The molecule has 0 aliphatic heterocycles. The third kappa shape index (κ3) is 17.6. The second-order valence-corrected chi connectivity index (χ2v) is 0.136. The van der Waals surface area contributed by atoms with E-state index in [1.54, 1.807) is 0 Å². The van der Waals surface area contributed by atoms with Crippen LogP contribution in [0.1, 0.15) is 0 Å². The van der Waals surface area contributed by atoms with Crippen molar-refractivity contribution in [2.45, 2.75) is 0 Å². The summed E-state index contributed by atoms with van der Waals surface area (Å²) in [6.45, 7) is 0. The van der Waals surface area contributed by atoms with Gasteiger partial charge in [0.05, 0.1) is 0 Å². The average molecular weight is 79.1 g/mol. The van der Waals surface area contributed by atoms with Crippen molar-refractivity contribution in [2.24, 2.45) is 5.73 Å². The lowest BCUT2D eigenvalue weighted by Gasteiger charge is -1.32. The third-order valence-corrected chi connectivity index (χ3v) is 0. The first kappa shape index (κ1) is 8.83. The fraction of sp³-hybridized carbons (Fsp3) is 0. The SMILES string of the molecule is NC=O.OO. The van der Waals surface area contributed by atoms with Gasteiger partial charge in [0.1, 0.15) is 0 Å². The predicted molar refractivity (Wildman–Crippen MR) is 15.5 cm³/mol. The van der Waals surface area contributed by atoms with Crippen LogP contribution in [0.4, 0.5) is 0 Å². The van der Waals surface area contributed by atoms with E-state index in [4.69, 9.17) is 15.3 Å². The smallest absolute Gasteiger partial charge is 0.204 e. The minimum absolute atomic E-state index is 0.250. The second-order valence-electron chi connectivity index (χ2n) is 0.136. The van der Waals surface area contributed by atoms with Crippen LogP contribution in [0, 0.1) is 0 Å². The Kier molecular flexibility index (Phi) is 225. The maximum atomic E-state index is 8.58. The number of hydrogen-bond donors (Lipinski definition) is 3. The van der Waals surface area contributed by atoms with Crippen LogP contribution in [0.3, 0.4) is 0 Å². The molecule has 0 spiro atoms. The molecule has 0 saturated carbocycles. The normalized spacial score (nSPS) is 3.60. The zero-order valence-corrected chi connectivity index (χ0v) is 2.46. The molecule has 1 amide bonds. The van der Waals surface area contributed by atoms with E-state index in [-0.39, 0.29) is 6.41 Å². The van der Waals surface area contributed by atoms with E-state index in [1.807, 2.05) is 0 Å². The number of carbonyl (C=O) groups is 1. The maximum absolute atomic E-state index is 8.58. The summed E-state index contributed by atoms with van der Waals surface area (Å²) in [5, 5.41) is 12.0. The van der Waals surface area contributed by atoms with Crippen molar-refractivity contribution in [1.82, 2.24) is 0 Å². The maximum Gasteiger partial charge on any atom is 0.204 e. The van der Waals surface area contributed by atoms with E-state index in [0.717, 1.165) is 0 Å². The van der Waals surface area contributed by atoms with Crippen LogP contribution < -0.4 is 5.73 Å². The van der Waals surface area contributed by atoms with E-state index in [2.05, 4.69) is 5.73 Å². The summed E-state index contributed by atoms with van der Waals surface area (Å²) in [5.74, 6) is 0. The summed E-state index contributed by atoms with van der Waals surface area (Å²) in [4.78, 5) is 8.58. The van der Waals surface area contributed by atoms with Gasteiger partial charge in [0.15, 0.2) is 0 Å². The van der Waals surface area contributed by atoms with Crippen molar-refractivity contribution in [3.8, 4) is 0 Å². The molecule has 0 aromatic rings. The summed E-state index contributed by atoms with van der Waals surface area (Å²) < 4.78 is 0. The van der Waals surface area contributed by atoms with Crippen LogP contribution in [0.15, 0.2) is 0 Å². The molecule has 0 atom stereocenters. The van der Waals surface area contributed by atoms with Crippen LogP contribution in [-0.4, -0.2) is 16.9 Å². The minimum Gasteiger partial charge on any atom is -0.372 e. The van der Waals surface area contributed by atoms with Gasteiger partial charge in [-0.25, -0.2) is 0 Å². The molecular weight excluding hydrogens is 74.0 g/mol. The van der Waals surface area contributed by atoms with Crippen LogP contribution in [0.2, 0.25) is 0 Å². The third-order valence-electron chi connectivity index (χ3n) is 0. The van der Waals surface area contributed by atoms with E-state index >= 15 is 0 Å². The van der Waals surface area contributed by atoms with Crippen molar-refractivity contribution in [3.63, 3.8) is 0 Å². The van der Waals surface area contributed by atoms with Gasteiger partial charge in [0.25, 0.3) is 0 Å². The van der Waals surface area contributed by atoms with Crippen LogP contribution in [0.25, 0.3) is 0 Å². The Hall–Kier alpha value is -0.610. The molecule has 32 valence electrons. The molecule has 0 rings (SSSR count). The highest BCUT2D eigenvalue weighted by Crippen LogP contribution is 0.799. The summed E-state index contributed by atoms with van der Waals surface area (Å²) in [7, 11) is 0. The predicted octanol–water partition coefficient (Wildman–Crippen LogP) is -0.881. The molecule has 5 heavy (non-hydrogen) atoms. The number of hydrogen-bond acceptors (Lipinski definition) is 3. The van der Waals surface area contributed by atoms with Crippen molar-refractivity contribution in [2.75, 3.05) is 0 Å². The molecule has 0 saturated heterocycles. The highest BCUT2D eigenvalue weighted by Gasteiger charge is 1.19. The Bertz CT molecular complexity index is 14.4. The Morgan fingerprint density at radius 2 is 1.60 bits per heavy atom. The van der Waals surface area contributed by atoms with Crippen molar-refractivity contribution in [1.29, 1.82) is 0 Å². The largest absolute Gasteiger partial charge is 0.372 e. The number of nitrogens with two attached hydrogens (primary N) is 1. The molecule has 0 fully saturated rings. The van der Waals surface area contributed by atoms with Gasteiger partial charge in [-0.3, -0.25) is 15.3 Å². The number of amides is 1. The van der Waals surface area contributed by atoms with Gasteiger partial charge in [-0.2, -0.15) is 0 Å². The lowest BCUT2D eigenvalue weighted by Crippen LogP contribution is -1.82. The van der Waals surface area contributed by atoms with Gasteiger partial charge in [0.2, 0.25) is 6.41 Å². The molecule has 4 heteroatoms. The van der Waals surface area contributed by atoms with E-state index in [0.29, 0.717) is 0 Å². The Morgan fingerprint density at radius 1 is 1.60 bits per heavy atom. The van der Waals surface area contributed by atoms with Crippen LogP contribution >= 0.6 is 0 Å². The standard InChI is InChI=1S/CH3NO.H2O2/c2-1-3;1-2/h1H,(H2,2,3);1-2H. The topological polar surface area (TPSA) is 83.6 Å². The van der Waals surface area contributed by atoms with E-state index < -0.39 is 0 Å². The zero-order chi connectivity index (χ0) is 4.71. The lowest BCUT2D eigenvalue weighted by atomic mass is 11.5. The Morgan fingerprint density at radius 3 is 1.60 bits per heavy atom. The quantitative estimate of drug-likeness (QED) is 0.200. The molecule has 4 N–H and O–H groups in total. The van der Waals surface area contributed by atoms with Gasteiger partial charge in [-0.15, -0.1) is 0 Å². The monoisotopic (exact) mass is 79.0 g/mol. The minimum atomic E-state index is 0.250. The Labute approximate surface area is 28.8 Å². The van der Waals surface area contributed by atoms with Gasteiger partial charge >= 0.3 is 0 Å². The lowest BCUT2D eigenvalue weighted by molar-refractivity contribution is -0.176. The molecule has 0 heterocycles. The fourth-order valence-corrected chi connectivity index (χ4v) is 0. The molecule has 0 aliphatic carbocycles. The molecular formula is CH5NO3. The Balaban J connectivity index is 0. The number of rotatable bonds is 0. The van der Waals surface area contributed by atoms with Gasteiger partial charge in [-0.1, -0.05) is 0 Å². The zero-order valence-electron chi connectivity index (χ0n) is 2.46. The molecule has 0 radical (unpaired) electrons. The summed E-state index contributed by atoms with van der Waals surface area (Å²) in [6, 6.07) is 0. The van der Waals surface area contributed by atoms with Gasteiger partial charge in [-0.05, 0) is 0 Å². The van der Waals surface area contributed by atoms with Gasteiger partial charge < -0.3 is 5.73 Å². The fourth-order valence-electron chi connectivity index (χ4n) is 0. The second kappa shape index (κ2) is 127. The highest BCUT2D eigenvalue weighted by molar-refractivity contribution is 5.42. The average Bonchev–Trinajstić information content (AvgIpc) is 1.46. The highest BCUT2D eigenvalue weighted by atomic mass is 17.0. The van der Waals surface area contributed by atoms with Crippen molar-refractivity contribution < 1.29 is 15.3 Å². The first-order valence-corrected chi connectivity index (χ1v) is 0.769. The summed E-state index contributed by atoms with van der Waals surface area (Å²) in [6.07, 6.45) is 0.250. The van der Waals surface area contributed by atoms with Crippen molar-refractivity contribution in [3.05, 3.63) is 0 Å². The first-order chi connectivity index (χ1) is 2.41. The van der Waals surface area contributed by atoms with E-state index in [1.165, 1.54) is 0 Å². The van der Waals surface area contributed by atoms with Crippen molar-refractivity contribution >= 4 is 6.41 Å².